The second kappa shape index (κ2) is 8.25. The van der Waals surface area contributed by atoms with Crippen molar-refractivity contribution in [3.05, 3.63) is 0 Å². The summed E-state index contributed by atoms with van der Waals surface area (Å²) in [6.07, 6.45) is 5.30. The van der Waals surface area contributed by atoms with Gasteiger partial charge in [0.05, 0.1) is 6.10 Å². The first-order valence-electron chi connectivity index (χ1n) is 6.03. The molecular formula is C12H27NO. The smallest absolute Gasteiger partial charge is 0.0538 e. The summed E-state index contributed by atoms with van der Waals surface area (Å²) in [4.78, 5) is 2.42. The lowest BCUT2D eigenvalue weighted by Crippen LogP contribution is -2.31. The zero-order valence-electron chi connectivity index (χ0n) is 10.3. The molecule has 0 saturated heterocycles. The molecule has 0 aromatic heterocycles. The zero-order valence-corrected chi connectivity index (χ0v) is 10.3. The lowest BCUT2D eigenvalue weighted by Gasteiger charge is -2.26. The molecule has 2 nitrogen and oxygen atoms in total. The van der Waals surface area contributed by atoms with Gasteiger partial charge in [0.25, 0.3) is 0 Å². The third-order valence-corrected chi connectivity index (χ3v) is 3.09. The van der Waals surface area contributed by atoms with Crippen LogP contribution in [-0.4, -0.2) is 35.7 Å². The maximum atomic E-state index is 9.41. The van der Waals surface area contributed by atoms with Gasteiger partial charge in [0.2, 0.25) is 0 Å². The van der Waals surface area contributed by atoms with Gasteiger partial charge in [-0.05, 0) is 45.7 Å². The number of nitrogens with zero attached hydrogens (tertiary/aromatic N) is 1. The van der Waals surface area contributed by atoms with Crippen molar-refractivity contribution in [1.82, 2.24) is 4.90 Å². The lowest BCUT2D eigenvalue weighted by molar-refractivity contribution is 0.145. The van der Waals surface area contributed by atoms with Crippen molar-refractivity contribution in [1.29, 1.82) is 0 Å². The average molecular weight is 201 g/mol. The Morgan fingerprint density at radius 2 is 1.64 bits per heavy atom. The molecule has 1 N–H and O–H groups in total. The van der Waals surface area contributed by atoms with Gasteiger partial charge < -0.3 is 10.0 Å². The van der Waals surface area contributed by atoms with Crippen LogP contribution in [0.1, 0.15) is 52.9 Å². The van der Waals surface area contributed by atoms with Crippen molar-refractivity contribution in [3.63, 3.8) is 0 Å². The van der Waals surface area contributed by atoms with E-state index in [9.17, 15) is 5.11 Å². The molecule has 0 aromatic rings. The zero-order chi connectivity index (χ0) is 11.0. The van der Waals surface area contributed by atoms with Crippen molar-refractivity contribution in [3.8, 4) is 0 Å². The topological polar surface area (TPSA) is 23.5 Å². The Morgan fingerprint density at radius 3 is 2.07 bits per heavy atom. The standard InChI is InChI=1S/C12H27NO/c1-5-11(6-2)13(4)10-8-9-12(14)7-3/h11-12,14H,5-10H2,1-4H3. The Labute approximate surface area is 89.3 Å². The molecule has 0 fully saturated rings. The molecular weight excluding hydrogens is 174 g/mol. The summed E-state index contributed by atoms with van der Waals surface area (Å²) in [5.74, 6) is 0. The highest BCUT2D eigenvalue weighted by Gasteiger charge is 2.10. The molecule has 0 aliphatic heterocycles. The van der Waals surface area contributed by atoms with E-state index in [0.717, 1.165) is 25.8 Å². The molecule has 0 radical (unpaired) electrons. The molecule has 1 unspecified atom stereocenters. The Hall–Kier alpha value is -0.0800. The fraction of sp³-hybridized carbons (Fsp3) is 1.00. The molecule has 0 aliphatic carbocycles. The Bertz CT molecular complexity index is 123. The molecule has 86 valence electrons. The highest BCUT2D eigenvalue weighted by Crippen LogP contribution is 2.08. The highest BCUT2D eigenvalue weighted by atomic mass is 16.3. The molecule has 14 heavy (non-hydrogen) atoms. The van der Waals surface area contributed by atoms with E-state index < -0.39 is 0 Å². The van der Waals surface area contributed by atoms with E-state index in [4.69, 9.17) is 0 Å². The Balaban J connectivity index is 3.56. The van der Waals surface area contributed by atoms with Crippen molar-refractivity contribution >= 4 is 0 Å². The molecule has 0 aliphatic rings. The lowest BCUT2D eigenvalue weighted by atomic mass is 10.1. The first kappa shape index (κ1) is 13.9. The minimum atomic E-state index is -0.0925. The van der Waals surface area contributed by atoms with E-state index in [-0.39, 0.29) is 6.10 Å². The Kier molecular flexibility index (Phi) is 8.20. The molecule has 0 saturated carbocycles. The summed E-state index contributed by atoms with van der Waals surface area (Å²) >= 11 is 0. The average Bonchev–Trinajstić information content (AvgIpc) is 2.19. The quantitative estimate of drug-likeness (QED) is 0.652. The molecule has 0 rings (SSSR count). The van der Waals surface area contributed by atoms with E-state index in [1.54, 1.807) is 0 Å². The van der Waals surface area contributed by atoms with Crippen molar-refractivity contribution in [2.24, 2.45) is 0 Å². The minimum Gasteiger partial charge on any atom is -0.393 e. The summed E-state index contributed by atoms with van der Waals surface area (Å²) in [7, 11) is 2.19. The van der Waals surface area contributed by atoms with Crippen LogP contribution in [0.25, 0.3) is 0 Å². The monoisotopic (exact) mass is 201 g/mol. The van der Waals surface area contributed by atoms with Crippen LogP contribution >= 0.6 is 0 Å². The summed E-state index contributed by atoms with van der Waals surface area (Å²) < 4.78 is 0. The van der Waals surface area contributed by atoms with Gasteiger partial charge in [0, 0.05) is 6.04 Å². The summed E-state index contributed by atoms with van der Waals surface area (Å²) in [6.45, 7) is 7.63. The predicted molar refractivity (Wildman–Crippen MR) is 62.5 cm³/mol. The van der Waals surface area contributed by atoms with Gasteiger partial charge in [-0.3, -0.25) is 0 Å². The normalized spacial score (nSPS) is 13.9. The maximum absolute atomic E-state index is 9.41. The second-order valence-corrected chi connectivity index (χ2v) is 4.16. The Morgan fingerprint density at radius 1 is 1.07 bits per heavy atom. The predicted octanol–water partition coefficient (Wildman–Crippen LogP) is 2.66. The number of aliphatic hydroxyl groups excluding tert-OH is 1. The van der Waals surface area contributed by atoms with E-state index in [1.165, 1.54) is 12.8 Å². The van der Waals surface area contributed by atoms with Gasteiger partial charge in [-0.25, -0.2) is 0 Å². The summed E-state index contributed by atoms with van der Waals surface area (Å²) in [5.41, 5.74) is 0. The van der Waals surface area contributed by atoms with Crippen LogP contribution in [0.5, 0.6) is 0 Å². The van der Waals surface area contributed by atoms with Crippen molar-refractivity contribution in [2.75, 3.05) is 13.6 Å². The van der Waals surface area contributed by atoms with Gasteiger partial charge in [-0.1, -0.05) is 20.8 Å². The maximum Gasteiger partial charge on any atom is 0.0538 e. The number of hydrogen-bond acceptors (Lipinski definition) is 2. The van der Waals surface area contributed by atoms with E-state index in [2.05, 4.69) is 25.8 Å². The van der Waals surface area contributed by atoms with E-state index >= 15 is 0 Å². The largest absolute Gasteiger partial charge is 0.393 e. The van der Waals surface area contributed by atoms with Crippen LogP contribution in [0.2, 0.25) is 0 Å². The van der Waals surface area contributed by atoms with Gasteiger partial charge >= 0.3 is 0 Å². The van der Waals surface area contributed by atoms with Gasteiger partial charge in [0.1, 0.15) is 0 Å². The molecule has 2 heteroatoms. The summed E-state index contributed by atoms with van der Waals surface area (Å²) in [5, 5.41) is 9.41. The number of rotatable bonds is 8. The fourth-order valence-electron chi connectivity index (χ4n) is 1.88. The molecule has 0 heterocycles. The number of hydrogen-bond donors (Lipinski definition) is 1. The first-order valence-corrected chi connectivity index (χ1v) is 6.03. The SMILES string of the molecule is CCC(O)CCCN(C)C(CC)CC. The molecule has 0 aromatic carbocycles. The first-order chi connectivity index (χ1) is 6.65. The van der Waals surface area contributed by atoms with Crippen LogP contribution in [0.4, 0.5) is 0 Å². The summed E-state index contributed by atoms with van der Waals surface area (Å²) in [6, 6.07) is 0.716. The number of aliphatic hydroxyl groups is 1. The molecule has 0 bridgehead atoms. The highest BCUT2D eigenvalue weighted by molar-refractivity contribution is 4.65. The third kappa shape index (κ3) is 5.61. The minimum absolute atomic E-state index is 0.0925. The van der Waals surface area contributed by atoms with E-state index in [1.807, 2.05) is 6.92 Å². The van der Waals surface area contributed by atoms with Crippen LogP contribution in [-0.2, 0) is 0 Å². The van der Waals surface area contributed by atoms with Gasteiger partial charge in [0.15, 0.2) is 0 Å². The van der Waals surface area contributed by atoms with Gasteiger partial charge in [-0.15, -0.1) is 0 Å². The third-order valence-electron chi connectivity index (χ3n) is 3.09. The van der Waals surface area contributed by atoms with Crippen molar-refractivity contribution in [2.45, 2.75) is 65.0 Å². The van der Waals surface area contributed by atoms with Crippen molar-refractivity contribution < 1.29 is 5.11 Å². The molecule has 1 atom stereocenters. The van der Waals surface area contributed by atoms with Crippen LogP contribution in [0.3, 0.4) is 0 Å². The molecule has 0 amide bonds. The fourth-order valence-corrected chi connectivity index (χ4v) is 1.88. The second-order valence-electron chi connectivity index (χ2n) is 4.16. The van der Waals surface area contributed by atoms with Crippen LogP contribution in [0.15, 0.2) is 0 Å². The van der Waals surface area contributed by atoms with E-state index in [0.29, 0.717) is 6.04 Å². The van der Waals surface area contributed by atoms with Crippen LogP contribution in [0, 0.1) is 0 Å². The van der Waals surface area contributed by atoms with Crippen LogP contribution < -0.4 is 0 Å². The van der Waals surface area contributed by atoms with Gasteiger partial charge in [-0.2, -0.15) is 0 Å². The molecule has 0 spiro atoms.